The van der Waals surface area contributed by atoms with Gasteiger partial charge in [0, 0.05) is 43.9 Å². The van der Waals surface area contributed by atoms with Crippen LogP contribution in [0.15, 0.2) is 71.5 Å². The van der Waals surface area contributed by atoms with Crippen molar-refractivity contribution in [1.82, 2.24) is 14.8 Å². The van der Waals surface area contributed by atoms with Crippen LogP contribution in [-0.2, 0) is 22.6 Å². The monoisotopic (exact) mass is 540 g/mol. The van der Waals surface area contributed by atoms with Gasteiger partial charge in [0.25, 0.3) is 11.5 Å². The van der Waals surface area contributed by atoms with Crippen LogP contribution in [0.1, 0.15) is 23.6 Å². The van der Waals surface area contributed by atoms with Crippen molar-refractivity contribution in [2.45, 2.75) is 25.3 Å². The number of fused-ring (bicyclic) bond motifs is 5. The number of piperidine rings is 1. The van der Waals surface area contributed by atoms with Gasteiger partial charge in [-0.15, -0.1) is 0 Å². The second-order valence-corrected chi connectivity index (χ2v) is 11.1. The van der Waals surface area contributed by atoms with Crippen molar-refractivity contribution in [3.05, 3.63) is 88.3 Å². The number of anilines is 1. The number of nitrogens with one attached hydrogen (secondary N) is 1. The first kappa shape index (κ1) is 24.6. The molecule has 10 nitrogen and oxygen atoms in total. The number of barbiturate groups is 1. The molecule has 4 amide bonds. The van der Waals surface area contributed by atoms with E-state index in [0.717, 1.165) is 22.6 Å². The first-order valence-corrected chi connectivity index (χ1v) is 13.5. The van der Waals surface area contributed by atoms with Crippen molar-refractivity contribution in [3.63, 3.8) is 0 Å². The molecular weight excluding hydrogens is 512 g/mol. The Bertz CT molecular complexity index is 1590. The first-order chi connectivity index (χ1) is 19.4. The van der Waals surface area contributed by atoms with Gasteiger partial charge in [-0.1, -0.05) is 30.3 Å². The Hall–Kier alpha value is -4.44. The van der Waals surface area contributed by atoms with Crippen molar-refractivity contribution in [2.75, 3.05) is 31.3 Å². The normalized spacial score (nSPS) is 25.5. The van der Waals surface area contributed by atoms with E-state index >= 15 is 0 Å². The molecule has 3 atom stereocenters. The Labute approximate surface area is 230 Å². The second-order valence-electron chi connectivity index (χ2n) is 11.1. The molecule has 2 aromatic carbocycles. The molecule has 3 aromatic rings. The number of para-hydroxylation sites is 1. The minimum Gasteiger partial charge on any atom is -0.454 e. The summed E-state index contributed by atoms with van der Waals surface area (Å²) in [5.41, 5.74) is 0.539. The molecule has 7 rings (SSSR count). The number of pyridine rings is 1. The molecule has 2 bridgehead atoms. The van der Waals surface area contributed by atoms with Crippen molar-refractivity contribution in [3.8, 4) is 11.5 Å². The Morgan fingerprint density at radius 2 is 1.70 bits per heavy atom. The smallest absolute Gasteiger partial charge is 0.335 e. The van der Waals surface area contributed by atoms with Gasteiger partial charge < -0.3 is 18.9 Å². The third-order valence-corrected chi connectivity index (χ3v) is 8.48. The molecule has 0 unspecified atom stereocenters. The van der Waals surface area contributed by atoms with Gasteiger partial charge in [-0.05, 0) is 54.7 Å². The predicted octanol–water partition coefficient (Wildman–Crippen LogP) is 2.51. The summed E-state index contributed by atoms with van der Waals surface area (Å²) in [4.78, 5) is 57.0. The lowest BCUT2D eigenvalue weighted by molar-refractivity contribution is -0.144. The molecule has 4 aliphatic heterocycles. The fourth-order valence-corrected chi connectivity index (χ4v) is 6.74. The maximum Gasteiger partial charge on any atom is 0.335 e. The predicted molar refractivity (Wildman–Crippen MR) is 144 cm³/mol. The molecule has 40 heavy (non-hydrogen) atoms. The molecule has 10 heteroatoms. The van der Waals surface area contributed by atoms with Gasteiger partial charge in [0.05, 0.1) is 5.69 Å². The van der Waals surface area contributed by atoms with Gasteiger partial charge in [-0.2, -0.15) is 0 Å². The van der Waals surface area contributed by atoms with Crippen LogP contribution in [0.4, 0.5) is 10.5 Å². The SMILES string of the molecule is O=C1NC(=O)[C@@](Cc2ccc3c(c2)OCO3)(CN2C[C@H]3C[C@@H](C2)c2cccc(=O)n2C3)C(=O)N1c1ccccc1. The fourth-order valence-electron chi connectivity index (χ4n) is 6.74. The molecule has 0 saturated carbocycles. The summed E-state index contributed by atoms with van der Waals surface area (Å²) in [6, 6.07) is 18.7. The number of imide groups is 2. The summed E-state index contributed by atoms with van der Waals surface area (Å²) >= 11 is 0. The maximum absolute atomic E-state index is 14.4. The zero-order valence-corrected chi connectivity index (χ0v) is 21.7. The van der Waals surface area contributed by atoms with Crippen LogP contribution in [0.2, 0.25) is 0 Å². The van der Waals surface area contributed by atoms with E-state index in [9.17, 15) is 19.2 Å². The highest BCUT2D eigenvalue weighted by molar-refractivity contribution is 6.30. The summed E-state index contributed by atoms with van der Waals surface area (Å²) in [5, 5.41) is 2.48. The molecule has 1 aromatic heterocycles. The zero-order valence-electron chi connectivity index (χ0n) is 21.7. The van der Waals surface area contributed by atoms with Gasteiger partial charge in [0.1, 0.15) is 5.41 Å². The number of carbonyl (C=O) groups is 3. The number of amides is 4. The number of likely N-dealkylation sites (tertiary alicyclic amines) is 1. The number of hydrogen-bond donors (Lipinski definition) is 1. The Balaban J connectivity index is 1.27. The number of ether oxygens (including phenoxy) is 2. The Morgan fingerprint density at radius 1 is 0.875 bits per heavy atom. The van der Waals surface area contributed by atoms with Crippen molar-refractivity contribution in [2.24, 2.45) is 11.3 Å². The molecule has 2 saturated heterocycles. The average molecular weight is 541 g/mol. The molecule has 0 spiro atoms. The summed E-state index contributed by atoms with van der Waals surface area (Å²) in [7, 11) is 0. The largest absolute Gasteiger partial charge is 0.454 e. The third-order valence-electron chi connectivity index (χ3n) is 8.48. The molecule has 4 aliphatic rings. The number of hydrogen-bond acceptors (Lipinski definition) is 7. The Kier molecular flexibility index (Phi) is 5.74. The van der Waals surface area contributed by atoms with Crippen LogP contribution in [-0.4, -0.2) is 53.7 Å². The lowest BCUT2D eigenvalue weighted by atomic mass is 9.75. The molecule has 0 aliphatic carbocycles. The number of rotatable bonds is 5. The summed E-state index contributed by atoms with van der Waals surface area (Å²) in [6.45, 7) is 2.09. The Morgan fingerprint density at radius 3 is 2.55 bits per heavy atom. The van der Waals surface area contributed by atoms with E-state index < -0.39 is 23.3 Å². The molecule has 5 heterocycles. The van der Waals surface area contributed by atoms with E-state index in [1.54, 1.807) is 54.6 Å². The third kappa shape index (κ3) is 3.98. The van der Waals surface area contributed by atoms with Crippen LogP contribution < -0.4 is 25.2 Å². The molecule has 1 N–H and O–H groups in total. The van der Waals surface area contributed by atoms with Crippen LogP contribution in [0.3, 0.4) is 0 Å². The van der Waals surface area contributed by atoms with Gasteiger partial charge in [0.2, 0.25) is 12.7 Å². The maximum atomic E-state index is 14.4. The fraction of sp³-hybridized carbons (Fsp3) is 0.333. The quantitative estimate of drug-likeness (QED) is 0.495. The van der Waals surface area contributed by atoms with Crippen LogP contribution >= 0.6 is 0 Å². The number of aromatic nitrogens is 1. The standard InChI is InChI=1S/C30H28N4O6/c35-26-8-4-7-23-21-11-20(15-33(23)26)14-32(16-21)17-30(13-19-9-10-24-25(12-19)40-18-39-24)27(36)31-29(38)34(28(30)37)22-5-2-1-3-6-22/h1-10,12,20-21H,11,13-18H2,(H,31,36,38)/t20-,21+,30-/m1/s1. The summed E-state index contributed by atoms with van der Waals surface area (Å²) in [6.07, 6.45) is 1.02. The van der Waals surface area contributed by atoms with Gasteiger partial charge in [0.15, 0.2) is 11.5 Å². The van der Waals surface area contributed by atoms with E-state index in [-0.39, 0.29) is 37.2 Å². The van der Waals surface area contributed by atoms with E-state index in [2.05, 4.69) is 10.2 Å². The topological polar surface area (TPSA) is 110 Å². The van der Waals surface area contributed by atoms with Crippen molar-refractivity contribution < 1.29 is 23.9 Å². The molecule has 204 valence electrons. The number of carbonyl (C=O) groups excluding carboxylic acids is 3. The van der Waals surface area contributed by atoms with Crippen molar-refractivity contribution in [1.29, 1.82) is 0 Å². The number of nitrogens with zero attached hydrogens (tertiary/aromatic N) is 3. The van der Waals surface area contributed by atoms with E-state index in [1.807, 2.05) is 16.7 Å². The highest BCUT2D eigenvalue weighted by atomic mass is 16.7. The van der Waals surface area contributed by atoms with Crippen molar-refractivity contribution >= 4 is 23.5 Å². The summed E-state index contributed by atoms with van der Waals surface area (Å²) < 4.78 is 12.9. The molecule has 0 radical (unpaired) electrons. The average Bonchev–Trinajstić information content (AvgIpc) is 3.41. The highest BCUT2D eigenvalue weighted by Crippen LogP contribution is 2.40. The first-order valence-electron chi connectivity index (χ1n) is 13.5. The lowest BCUT2D eigenvalue weighted by Gasteiger charge is -2.47. The van der Waals surface area contributed by atoms with Gasteiger partial charge in [-0.3, -0.25) is 19.7 Å². The number of benzene rings is 2. The second kappa shape index (κ2) is 9.34. The minimum absolute atomic E-state index is 0.00113. The van der Waals surface area contributed by atoms with E-state index in [1.165, 1.54) is 0 Å². The summed E-state index contributed by atoms with van der Waals surface area (Å²) in [5.74, 6) is 0.315. The van der Waals surface area contributed by atoms with Crippen LogP contribution in [0, 0.1) is 11.3 Å². The molecular formula is C30H28N4O6. The van der Waals surface area contributed by atoms with Gasteiger partial charge in [-0.25, -0.2) is 9.69 Å². The van der Waals surface area contributed by atoms with Gasteiger partial charge >= 0.3 is 6.03 Å². The van der Waals surface area contributed by atoms with E-state index in [0.29, 0.717) is 36.8 Å². The van der Waals surface area contributed by atoms with Crippen LogP contribution in [0.25, 0.3) is 0 Å². The molecule has 2 fully saturated rings. The lowest BCUT2D eigenvalue weighted by Crippen LogP contribution is -2.68. The van der Waals surface area contributed by atoms with E-state index in [4.69, 9.17) is 9.47 Å². The number of urea groups is 1. The zero-order chi connectivity index (χ0) is 27.4. The highest BCUT2D eigenvalue weighted by Gasteiger charge is 2.56. The van der Waals surface area contributed by atoms with Crippen LogP contribution in [0.5, 0.6) is 11.5 Å². The minimum atomic E-state index is -1.57.